The molecular weight excluding hydrogens is 234 g/mol. The first-order chi connectivity index (χ1) is 8.17. The maximum atomic E-state index is 9.91. The molecule has 0 aromatic carbocycles. The molecule has 0 saturated carbocycles. The van der Waals surface area contributed by atoms with Crippen molar-refractivity contribution in [2.45, 2.75) is 32.8 Å². The first kappa shape index (κ1) is 14.6. The molecule has 1 atom stereocenters. The van der Waals surface area contributed by atoms with Crippen molar-refractivity contribution in [2.24, 2.45) is 5.41 Å². The van der Waals surface area contributed by atoms with Crippen LogP contribution in [0.1, 0.15) is 38.4 Å². The molecule has 1 aromatic rings. The zero-order chi connectivity index (χ0) is 12.7. The summed E-state index contributed by atoms with van der Waals surface area (Å²) in [6.45, 7) is 5.67. The van der Waals surface area contributed by atoms with Crippen molar-refractivity contribution < 1.29 is 10.2 Å². The molecule has 1 unspecified atom stereocenters. The van der Waals surface area contributed by atoms with Crippen LogP contribution in [0.15, 0.2) is 16.8 Å². The highest BCUT2D eigenvalue weighted by Gasteiger charge is 2.24. The highest BCUT2D eigenvalue weighted by molar-refractivity contribution is 7.07. The Bertz CT molecular complexity index is 288. The summed E-state index contributed by atoms with van der Waals surface area (Å²) in [7, 11) is 0. The second kappa shape index (κ2) is 7.11. The minimum absolute atomic E-state index is 0.0473. The monoisotopic (exact) mass is 257 g/mol. The van der Waals surface area contributed by atoms with Crippen LogP contribution >= 0.6 is 11.3 Å². The van der Waals surface area contributed by atoms with Crippen molar-refractivity contribution in [1.29, 1.82) is 0 Å². The maximum Gasteiger partial charge on any atom is 0.0922 e. The van der Waals surface area contributed by atoms with Gasteiger partial charge in [0.15, 0.2) is 0 Å². The molecule has 0 aliphatic rings. The van der Waals surface area contributed by atoms with E-state index in [9.17, 15) is 10.2 Å². The van der Waals surface area contributed by atoms with Gasteiger partial charge in [-0.1, -0.05) is 13.8 Å². The van der Waals surface area contributed by atoms with Gasteiger partial charge in [0, 0.05) is 25.1 Å². The lowest BCUT2D eigenvalue weighted by atomic mass is 9.83. The average molecular weight is 257 g/mol. The molecular formula is C13H23NO2S. The Labute approximate surface area is 107 Å². The number of rotatable bonds is 8. The number of hydrogen-bond acceptors (Lipinski definition) is 4. The van der Waals surface area contributed by atoms with Crippen LogP contribution in [0.4, 0.5) is 0 Å². The maximum absolute atomic E-state index is 9.91. The van der Waals surface area contributed by atoms with Gasteiger partial charge in [-0.15, -0.1) is 0 Å². The molecule has 17 heavy (non-hydrogen) atoms. The number of aliphatic hydroxyl groups is 2. The molecule has 0 aliphatic heterocycles. The Kier molecular flexibility index (Phi) is 6.12. The van der Waals surface area contributed by atoms with Crippen LogP contribution < -0.4 is 5.32 Å². The van der Waals surface area contributed by atoms with Gasteiger partial charge >= 0.3 is 0 Å². The number of aliphatic hydroxyl groups excluding tert-OH is 2. The molecule has 1 heterocycles. The van der Waals surface area contributed by atoms with Gasteiger partial charge in [-0.25, -0.2) is 0 Å². The molecule has 0 amide bonds. The van der Waals surface area contributed by atoms with Crippen LogP contribution in [0.25, 0.3) is 0 Å². The fourth-order valence-electron chi connectivity index (χ4n) is 1.84. The lowest BCUT2D eigenvalue weighted by molar-refractivity contribution is 0.104. The summed E-state index contributed by atoms with van der Waals surface area (Å²) in [5, 5.41) is 26.5. The zero-order valence-electron chi connectivity index (χ0n) is 10.6. The highest BCUT2D eigenvalue weighted by atomic mass is 32.1. The average Bonchev–Trinajstić information content (AvgIpc) is 2.89. The number of thiophene rings is 1. The van der Waals surface area contributed by atoms with Crippen molar-refractivity contribution in [3.8, 4) is 0 Å². The highest BCUT2D eigenvalue weighted by Crippen LogP contribution is 2.24. The fraction of sp³-hybridized carbons (Fsp3) is 0.692. The Morgan fingerprint density at radius 3 is 2.59 bits per heavy atom. The SMILES string of the molecule is CCC(CC)(CO)CNCC(O)c1ccsc1. The predicted octanol–water partition coefficient (Wildman–Crippen LogP) is 2.17. The van der Waals surface area contributed by atoms with Crippen molar-refractivity contribution in [1.82, 2.24) is 5.32 Å². The normalized spacial score (nSPS) is 13.9. The van der Waals surface area contributed by atoms with Crippen LogP contribution in [0.2, 0.25) is 0 Å². The van der Waals surface area contributed by atoms with Gasteiger partial charge < -0.3 is 15.5 Å². The number of nitrogens with one attached hydrogen (secondary N) is 1. The molecule has 0 aliphatic carbocycles. The number of hydrogen-bond donors (Lipinski definition) is 3. The van der Waals surface area contributed by atoms with E-state index in [0.29, 0.717) is 6.54 Å². The van der Waals surface area contributed by atoms with Crippen molar-refractivity contribution in [3.63, 3.8) is 0 Å². The predicted molar refractivity (Wildman–Crippen MR) is 72.2 cm³/mol. The Hall–Kier alpha value is -0.420. The third kappa shape index (κ3) is 4.07. The largest absolute Gasteiger partial charge is 0.396 e. The topological polar surface area (TPSA) is 52.5 Å². The van der Waals surface area contributed by atoms with Gasteiger partial charge in [0.2, 0.25) is 0 Å². The minimum atomic E-state index is -0.452. The molecule has 0 fully saturated rings. The molecule has 1 rings (SSSR count). The smallest absolute Gasteiger partial charge is 0.0922 e. The quantitative estimate of drug-likeness (QED) is 0.669. The van der Waals surface area contributed by atoms with Crippen LogP contribution in [0, 0.1) is 5.41 Å². The van der Waals surface area contributed by atoms with Crippen LogP contribution in [0.5, 0.6) is 0 Å². The summed E-state index contributed by atoms with van der Waals surface area (Å²) in [5.41, 5.74) is 0.916. The third-order valence-corrected chi connectivity index (χ3v) is 4.30. The third-order valence-electron chi connectivity index (χ3n) is 3.60. The van der Waals surface area contributed by atoms with Crippen LogP contribution in [-0.4, -0.2) is 29.9 Å². The summed E-state index contributed by atoms with van der Waals surface area (Å²) < 4.78 is 0. The molecule has 3 nitrogen and oxygen atoms in total. The standard InChI is InChI=1S/C13H23NO2S/c1-3-13(4-2,10-15)9-14-7-12(16)11-5-6-17-8-11/h5-6,8,12,14-16H,3-4,7,9-10H2,1-2H3. The van der Waals surface area contributed by atoms with Crippen LogP contribution in [0.3, 0.4) is 0 Å². The van der Waals surface area contributed by atoms with E-state index in [4.69, 9.17) is 0 Å². The summed E-state index contributed by atoms with van der Waals surface area (Å²) in [5.74, 6) is 0. The molecule has 4 heteroatoms. The zero-order valence-corrected chi connectivity index (χ0v) is 11.5. The lowest BCUT2D eigenvalue weighted by Crippen LogP contribution is -2.38. The molecule has 3 N–H and O–H groups in total. The van der Waals surface area contributed by atoms with E-state index in [0.717, 1.165) is 24.9 Å². The summed E-state index contributed by atoms with van der Waals surface area (Å²) in [6, 6.07) is 1.94. The second-order valence-electron chi connectivity index (χ2n) is 4.57. The lowest BCUT2D eigenvalue weighted by Gasteiger charge is -2.30. The van der Waals surface area contributed by atoms with E-state index in [-0.39, 0.29) is 12.0 Å². The molecule has 0 saturated heterocycles. The molecule has 0 bridgehead atoms. The van der Waals surface area contributed by atoms with Crippen LogP contribution in [-0.2, 0) is 0 Å². The van der Waals surface area contributed by atoms with E-state index in [1.807, 2.05) is 16.8 Å². The summed E-state index contributed by atoms with van der Waals surface area (Å²) in [4.78, 5) is 0. The molecule has 0 spiro atoms. The Morgan fingerprint density at radius 1 is 1.41 bits per heavy atom. The van der Waals surface area contributed by atoms with Crippen molar-refractivity contribution >= 4 is 11.3 Å². The second-order valence-corrected chi connectivity index (χ2v) is 5.35. The van der Waals surface area contributed by atoms with E-state index >= 15 is 0 Å². The van der Waals surface area contributed by atoms with Gasteiger partial charge in [-0.3, -0.25) is 0 Å². The summed E-state index contributed by atoms with van der Waals surface area (Å²) in [6.07, 6.45) is 1.44. The first-order valence-electron chi connectivity index (χ1n) is 6.19. The fourth-order valence-corrected chi connectivity index (χ4v) is 2.54. The molecule has 1 aromatic heterocycles. The Balaban J connectivity index is 2.36. The minimum Gasteiger partial charge on any atom is -0.396 e. The van der Waals surface area contributed by atoms with Crippen molar-refractivity contribution in [3.05, 3.63) is 22.4 Å². The van der Waals surface area contributed by atoms with E-state index < -0.39 is 6.10 Å². The van der Waals surface area contributed by atoms with Crippen molar-refractivity contribution in [2.75, 3.05) is 19.7 Å². The van der Waals surface area contributed by atoms with Gasteiger partial charge in [0.1, 0.15) is 0 Å². The van der Waals surface area contributed by atoms with Gasteiger partial charge in [0.05, 0.1) is 6.10 Å². The van der Waals surface area contributed by atoms with Gasteiger partial charge in [-0.2, -0.15) is 11.3 Å². The van der Waals surface area contributed by atoms with Gasteiger partial charge in [0.25, 0.3) is 0 Å². The van der Waals surface area contributed by atoms with Gasteiger partial charge in [-0.05, 0) is 35.2 Å². The van der Waals surface area contributed by atoms with E-state index in [1.54, 1.807) is 11.3 Å². The first-order valence-corrected chi connectivity index (χ1v) is 7.13. The summed E-state index contributed by atoms with van der Waals surface area (Å²) >= 11 is 1.59. The Morgan fingerprint density at radius 2 is 2.12 bits per heavy atom. The van der Waals surface area contributed by atoms with E-state index in [2.05, 4.69) is 19.2 Å². The molecule has 0 radical (unpaired) electrons. The van der Waals surface area contributed by atoms with E-state index in [1.165, 1.54) is 0 Å². The molecule has 98 valence electrons.